The summed E-state index contributed by atoms with van der Waals surface area (Å²) in [7, 11) is 0. The van der Waals surface area contributed by atoms with Gasteiger partial charge in [-0.3, -0.25) is 0 Å². The Balaban J connectivity index is 1.84. The number of fused-ring (bicyclic) bond motifs is 1. The fourth-order valence-corrected chi connectivity index (χ4v) is 3.11. The van der Waals surface area contributed by atoms with Crippen molar-refractivity contribution in [1.29, 1.82) is 0 Å². The van der Waals surface area contributed by atoms with Crippen LogP contribution in [0.5, 0.6) is 11.5 Å². The molecule has 0 radical (unpaired) electrons. The maximum absolute atomic E-state index is 6.06. The minimum absolute atomic E-state index is 0.121. The maximum atomic E-state index is 6.06. The first kappa shape index (κ1) is 21.4. The molecule has 0 spiro atoms. The van der Waals surface area contributed by atoms with Crippen molar-refractivity contribution in [2.24, 2.45) is 0 Å². The van der Waals surface area contributed by atoms with Crippen LogP contribution in [0, 0.1) is 6.92 Å². The van der Waals surface area contributed by atoms with Crippen LogP contribution in [0.2, 0.25) is 0 Å². The maximum Gasteiger partial charge on any atom is 0.224 e. The summed E-state index contributed by atoms with van der Waals surface area (Å²) in [4.78, 5) is 12.6. The standard InChI is InChI=1S/C22H30N6O2/c1-4-6-10-29-16-7-8-18(30-9-5-2)17(11-16)25-12-15-13-26-21-19(14(15)3)20(23)27-22(24)28-21/h7-8,11,13,25H,4-6,9-10,12H2,1-3H3,(H4,23,24,26,27,28). The van der Waals surface area contributed by atoms with Crippen LogP contribution >= 0.6 is 0 Å². The van der Waals surface area contributed by atoms with Crippen LogP contribution in [-0.4, -0.2) is 28.2 Å². The molecule has 0 aliphatic heterocycles. The van der Waals surface area contributed by atoms with Gasteiger partial charge in [0.25, 0.3) is 0 Å². The zero-order valence-electron chi connectivity index (χ0n) is 17.9. The van der Waals surface area contributed by atoms with E-state index in [4.69, 9.17) is 20.9 Å². The zero-order chi connectivity index (χ0) is 21.5. The highest BCUT2D eigenvalue weighted by molar-refractivity contribution is 5.90. The summed E-state index contributed by atoms with van der Waals surface area (Å²) in [5, 5.41) is 4.18. The van der Waals surface area contributed by atoms with Crippen molar-refractivity contribution < 1.29 is 9.47 Å². The Labute approximate surface area is 177 Å². The lowest BCUT2D eigenvalue weighted by Gasteiger charge is -2.16. The molecule has 0 unspecified atom stereocenters. The van der Waals surface area contributed by atoms with Crippen LogP contribution < -0.4 is 26.3 Å². The molecule has 3 rings (SSSR count). The lowest BCUT2D eigenvalue weighted by Crippen LogP contribution is -2.08. The van der Waals surface area contributed by atoms with Crippen LogP contribution in [0.15, 0.2) is 24.4 Å². The average molecular weight is 411 g/mol. The molecule has 0 amide bonds. The monoisotopic (exact) mass is 410 g/mol. The molecule has 1 aromatic carbocycles. The number of nitrogens with two attached hydrogens (primary N) is 2. The molecule has 2 heterocycles. The van der Waals surface area contributed by atoms with Gasteiger partial charge in [-0.1, -0.05) is 20.3 Å². The Kier molecular flexibility index (Phi) is 7.11. The lowest BCUT2D eigenvalue weighted by molar-refractivity contribution is 0.304. The van der Waals surface area contributed by atoms with Gasteiger partial charge in [0.2, 0.25) is 5.95 Å². The highest BCUT2D eigenvalue weighted by atomic mass is 16.5. The molecule has 0 aliphatic rings. The number of aromatic nitrogens is 3. The van der Waals surface area contributed by atoms with Gasteiger partial charge >= 0.3 is 0 Å². The van der Waals surface area contributed by atoms with E-state index in [0.717, 1.165) is 53.0 Å². The highest BCUT2D eigenvalue weighted by Crippen LogP contribution is 2.31. The molecule has 2 aromatic heterocycles. The third kappa shape index (κ3) is 5.00. The SMILES string of the molecule is CCCCOc1ccc(OCCC)c(NCc2cnc3nc(N)nc(N)c3c2C)c1. The molecule has 3 aromatic rings. The minimum atomic E-state index is 0.121. The smallest absolute Gasteiger partial charge is 0.224 e. The van der Waals surface area contributed by atoms with E-state index in [1.54, 1.807) is 6.20 Å². The molecule has 5 N–H and O–H groups in total. The van der Waals surface area contributed by atoms with Gasteiger partial charge in [0.15, 0.2) is 5.65 Å². The summed E-state index contributed by atoms with van der Waals surface area (Å²) in [5.74, 6) is 2.07. The fourth-order valence-electron chi connectivity index (χ4n) is 3.11. The Bertz CT molecular complexity index is 1010. The molecule has 8 nitrogen and oxygen atoms in total. The van der Waals surface area contributed by atoms with Gasteiger partial charge in [-0.2, -0.15) is 9.97 Å². The summed E-state index contributed by atoms with van der Waals surface area (Å²) in [6.45, 7) is 8.09. The number of aryl methyl sites for hydroxylation is 1. The largest absolute Gasteiger partial charge is 0.494 e. The van der Waals surface area contributed by atoms with Crippen molar-refractivity contribution in [2.45, 2.75) is 46.6 Å². The van der Waals surface area contributed by atoms with Crippen molar-refractivity contribution in [1.82, 2.24) is 15.0 Å². The van der Waals surface area contributed by atoms with E-state index in [0.29, 0.717) is 31.2 Å². The highest BCUT2D eigenvalue weighted by Gasteiger charge is 2.12. The van der Waals surface area contributed by atoms with Crippen LogP contribution in [0.4, 0.5) is 17.5 Å². The van der Waals surface area contributed by atoms with Crippen LogP contribution in [0.25, 0.3) is 11.0 Å². The number of rotatable bonds is 10. The first-order chi connectivity index (χ1) is 14.5. The Hall–Kier alpha value is -3.29. The molecule has 30 heavy (non-hydrogen) atoms. The number of ether oxygens (including phenoxy) is 2. The number of nitrogen functional groups attached to an aromatic ring is 2. The van der Waals surface area contributed by atoms with Crippen LogP contribution in [0.3, 0.4) is 0 Å². The molecule has 0 aliphatic carbocycles. The molecule has 0 saturated heterocycles. The first-order valence-corrected chi connectivity index (χ1v) is 10.3. The summed E-state index contributed by atoms with van der Waals surface area (Å²) < 4.78 is 11.8. The second-order valence-corrected chi connectivity index (χ2v) is 7.14. The van der Waals surface area contributed by atoms with Crippen molar-refractivity contribution in [2.75, 3.05) is 30.0 Å². The quantitative estimate of drug-likeness (QED) is 0.428. The normalized spacial score (nSPS) is 10.9. The predicted molar refractivity (Wildman–Crippen MR) is 121 cm³/mol. The second kappa shape index (κ2) is 9.96. The Morgan fingerprint density at radius 1 is 1.03 bits per heavy atom. The molecular weight excluding hydrogens is 380 g/mol. The fraction of sp³-hybridized carbons (Fsp3) is 0.409. The number of hydrogen-bond donors (Lipinski definition) is 3. The zero-order valence-corrected chi connectivity index (χ0v) is 17.9. The number of pyridine rings is 1. The van der Waals surface area contributed by atoms with Crippen LogP contribution in [0.1, 0.15) is 44.2 Å². The van der Waals surface area contributed by atoms with Crippen molar-refractivity contribution in [3.05, 3.63) is 35.5 Å². The molecule has 0 fully saturated rings. The Morgan fingerprint density at radius 3 is 2.63 bits per heavy atom. The molecular formula is C22H30N6O2. The predicted octanol–water partition coefficient (Wildman–Crippen LogP) is 4.08. The number of anilines is 3. The molecule has 0 bridgehead atoms. The van der Waals surface area contributed by atoms with Crippen molar-refractivity contribution in [3.63, 3.8) is 0 Å². The minimum Gasteiger partial charge on any atom is -0.494 e. The lowest BCUT2D eigenvalue weighted by atomic mass is 10.1. The van der Waals surface area contributed by atoms with E-state index >= 15 is 0 Å². The van der Waals surface area contributed by atoms with Gasteiger partial charge in [-0.05, 0) is 43.0 Å². The van der Waals surface area contributed by atoms with Crippen LogP contribution in [-0.2, 0) is 6.54 Å². The number of benzene rings is 1. The van der Waals surface area contributed by atoms with Crippen molar-refractivity contribution in [3.8, 4) is 11.5 Å². The average Bonchev–Trinajstić information content (AvgIpc) is 2.72. The van der Waals surface area contributed by atoms with E-state index in [1.807, 2.05) is 25.1 Å². The number of nitrogens with zero attached hydrogens (tertiary/aromatic N) is 3. The van der Waals surface area contributed by atoms with Gasteiger partial charge in [-0.25, -0.2) is 4.98 Å². The molecule has 0 atom stereocenters. The van der Waals surface area contributed by atoms with E-state index < -0.39 is 0 Å². The van der Waals surface area contributed by atoms with Gasteiger partial charge in [-0.15, -0.1) is 0 Å². The van der Waals surface area contributed by atoms with Gasteiger partial charge in [0, 0.05) is 18.8 Å². The number of unbranched alkanes of at least 4 members (excludes halogenated alkanes) is 1. The van der Waals surface area contributed by atoms with Gasteiger partial charge < -0.3 is 26.3 Å². The Morgan fingerprint density at radius 2 is 1.87 bits per heavy atom. The number of hydrogen-bond acceptors (Lipinski definition) is 8. The summed E-state index contributed by atoms with van der Waals surface area (Å²) in [6, 6.07) is 5.86. The summed E-state index contributed by atoms with van der Waals surface area (Å²) in [5.41, 5.74) is 15.1. The summed E-state index contributed by atoms with van der Waals surface area (Å²) >= 11 is 0. The summed E-state index contributed by atoms with van der Waals surface area (Å²) in [6.07, 6.45) is 4.83. The van der Waals surface area contributed by atoms with E-state index in [-0.39, 0.29) is 5.95 Å². The van der Waals surface area contributed by atoms with E-state index in [1.165, 1.54) is 0 Å². The first-order valence-electron chi connectivity index (χ1n) is 10.3. The topological polar surface area (TPSA) is 121 Å². The third-order valence-electron chi connectivity index (χ3n) is 4.78. The van der Waals surface area contributed by atoms with Crippen molar-refractivity contribution >= 4 is 28.5 Å². The molecule has 8 heteroatoms. The van der Waals surface area contributed by atoms with Gasteiger partial charge in [0.05, 0.1) is 24.3 Å². The van der Waals surface area contributed by atoms with E-state index in [2.05, 4.69) is 34.1 Å². The molecule has 160 valence electrons. The van der Waals surface area contributed by atoms with Gasteiger partial charge in [0.1, 0.15) is 17.3 Å². The second-order valence-electron chi connectivity index (χ2n) is 7.14. The number of nitrogens with one attached hydrogen (secondary N) is 1. The van der Waals surface area contributed by atoms with E-state index in [9.17, 15) is 0 Å². The third-order valence-corrected chi connectivity index (χ3v) is 4.78. The molecule has 0 saturated carbocycles.